The number of benzene rings is 1. The Morgan fingerprint density at radius 2 is 1.80 bits per heavy atom. The van der Waals surface area contributed by atoms with E-state index in [1.54, 1.807) is 0 Å². The van der Waals surface area contributed by atoms with Gasteiger partial charge < -0.3 is 10.1 Å². The van der Waals surface area contributed by atoms with Crippen LogP contribution in [-0.2, 0) is 4.79 Å². The number of urea groups is 1. The largest absolute Gasteiger partial charge is 0.491 e. The lowest BCUT2D eigenvalue weighted by Gasteiger charge is -2.10. The molecule has 1 aliphatic carbocycles. The summed E-state index contributed by atoms with van der Waals surface area (Å²) >= 11 is 0. The number of carbonyl (C=O) groups is 2. The van der Waals surface area contributed by atoms with Gasteiger partial charge >= 0.3 is 6.03 Å². The minimum atomic E-state index is -0.940. The van der Waals surface area contributed by atoms with Crippen molar-refractivity contribution < 1.29 is 23.1 Å². The number of anilines is 1. The van der Waals surface area contributed by atoms with Crippen LogP contribution in [0.5, 0.6) is 5.75 Å². The van der Waals surface area contributed by atoms with Gasteiger partial charge in [-0.25, -0.2) is 19.0 Å². The van der Waals surface area contributed by atoms with Crippen molar-refractivity contribution in [3.05, 3.63) is 23.8 Å². The molecule has 1 aromatic carbocycles. The molecule has 0 unspecified atom stereocenters. The number of methoxy groups -OCH3 is 1. The summed E-state index contributed by atoms with van der Waals surface area (Å²) in [6.45, 7) is 0. The standard InChI is InChI=1S/C12H13F2N3O3/c1-20-10-8(13)4-7(5-9(10)14)15-12(19)17-16-11(18)6-2-3-6/h4-6H,2-3H2,1H3,(H,16,18)(H2,15,17,19). The summed E-state index contributed by atoms with van der Waals surface area (Å²) in [4.78, 5) is 22.7. The van der Waals surface area contributed by atoms with E-state index in [1.807, 2.05) is 0 Å². The summed E-state index contributed by atoms with van der Waals surface area (Å²) < 4.78 is 31.3. The van der Waals surface area contributed by atoms with Crippen molar-refractivity contribution in [1.82, 2.24) is 10.9 Å². The molecular formula is C12H13F2N3O3. The van der Waals surface area contributed by atoms with E-state index in [4.69, 9.17) is 0 Å². The molecule has 0 saturated heterocycles. The second-order valence-electron chi connectivity index (χ2n) is 4.32. The summed E-state index contributed by atoms with van der Waals surface area (Å²) in [5, 5.41) is 2.19. The maximum atomic E-state index is 13.4. The fourth-order valence-electron chi connectivity index (χ4n) is 1.56. The van der Waals surface area contributed by atoms with Crippen LogP contribution >= 0.6 is 0 Å². The molecule has 2 rings (SSSR count). The van der Waals surface area contributed by atoms with Crippen LogP contribution in [-0.4, -0.2) is 19.0 Å². The highest BCUT2D eigenvalue weighted by Crippen LogP contribution is 2.28. The first-order chi connectivity index (χ1) is 9.51. The number of amides is 3. The van der Waals surface area contributed by atoms with E-state index in [0.29, 0.717) is 0 Å². The SMILES string of the molecule is COc1c(F)cc(NC(=O)NNC(=O)C2CC2)cc1F. The number of nitrogens with one attached hydrogen (secondary N) is 3. The van der Waals surface area contributed by atoms with Crippen LogP contribution in [0, 0.1) is 17.6 Å². The predicted octanol–water partition coefficient (Wildman–Crippen LogP) is 1.54. The van der Waals surface area contributed by atoms with Gasteiger partial charge in [-0.2, -0.15) is 0 Å². The molecule has 0 spiro atoms. The van der Waals surface area contributed by atoms with E-state index in [9.17, 15) is 18.4 Å². The maximum absolute atomic E-state index is 13.4. The minimum Gasteiger partial charge on any atom is -0.491 e. The first kappa shape index (κ1) is 14.0. The fraction of sp³-hybridized carbons (Fsp3) is 0.333. The van der Waals surface area contributed by atoms with Crippen molar-refractivity contribution in [3.8, 4) is 5.75 Å². The summed E-state index contributed by atoms with van der Waals surface area (Å²) in [5.41, 5.74) is 4.20. The van der Waals surface area contributed by atoms with Crippen LogP contribution < -0.4 is 20.9 Å². The minimum absolute atomic E-state index is 0.0637. The number of hydrogen-bond acceptors (Lipinski definition) is 3. The molecule has 8 heteroatoms. The van der Waals surface area contributed by atoms with Gasteiger partial charge in [0.1, 0.15) is 0 Å². The summed E-state index contributed by atoms with van der Waals surface area (Å²) in [7, 11) is 1.13. The van der Waals surface area contributed by atoms with Crippen LogP contribution in [0.25, 0.3) is 0 Å². The molecule has 1 aliphatic rings. The molecular weight excluding hydrogens is 272 g/mol. The third kappa shape index (κ3) is 3.34. The van der Waals surface area contributed by atoms with E-state index < -0.39 is 23.4 Å². The van der Waals surface area contributed by atoms with Crippen molar-refractivity contribution in [3.63, 3.8) is 0 Å². The van der Waals surface area contributed by atoms with Gasteiger partial charge in [0.25, 0.3) is 0 Å². The van der Waals surface area contributed by atoms with Crippen LogP contribution in [0.15, 0.2) is 12.1 Å². The summed E-state index contributed by atoms with van der Waals surface area (Å²) in [6, 6.07) is 1.01. The quantitative estimate of drug-likeness (QED) is 0.737. The Balaban J connectivity index is 1.92. The van der Waals surface area contributed by atoms with E-state index >= 15 is 0 Å². The Labute approximate surface area is 113 Å². The van der Waals surface area contributed by atoms with Crippen LogP contribution in [0.4, 0.5) is 19.3 Å². The molecule has 0 atom stereocenters. The Bertz CT molecular complexity index is 524. The summed E-state index contributed by atoms with van der Waals surface area (Å²) in [6.07, 6.45) is 1.59. The van der Waals surface area contributed by atoms with Gasteiger partial charge in [-0.05, 0) is 12.8 Å². The van der Waals surface area contributed by atoms with Gasteiger partial charge in [0.2, 0.25) is 5.91 Å². The first-order valence-electron chi connectivity index (χ1n) is 5.91. The molecule has 0 heterocycles. The second kappa shape index (κ2) is 5.72. The van der Waals surface area contributed by atoms with E-state index in [1.165, 1.54) is 0 Å². The smallest absolute Gasteiger partial charge is 0.337 e. The Morgan fingerprint density at radius 1 is 1.20 bits per heavy atom. The van der Waals surface area contributed by atoms with E-state index in [-0.39, 0.29) is 17.5 Å². The molecule has 1 fully saturated rings. The highest BCUT2D eigenvalue weighted by molar-refractivity contribution is 5.91. The second-order valence-corrected chi connectivity index (χ2v) is 4.32. The Morgan fingerprint density at radius 3 is 2.30 bits per heavy atom. The lowest BCUT2D eigenvalue weighted by molar-refractivity contribution is -0.122. The highest BCUT2D eigenvalue weighted by atomic mass is 19.1. The van der Waals surface area contributed by atoms with Crippen molar-refractivity contribution in [1.29, 1.82) is 0 Å². The van der Waals surface area contributed by atoms with Crippen molar-refractivity contribution in [2.45, 2.75) is 12.8 Å². The first-order valence-corrected chi connectivity index (χ1v) is 5.91. The molecule has 0 radical (unpaired) electrons. The lowest BCUT2D eigenvalue weighted by Crippen LogP contribution is -2.44. The average Bonchev–Trinajstić information content (AvgIpc) is 3.20. The topological polar surface area (TPSA) is 79.5 Å². The molecule has 108 valence electrons. The normalized spacial score (nSPS) is 13.6. The lowest BCUT2D eigenvalue weighted by atomic mass is 10.2. The zero-order valence-corrected chi connectivity index (χ0v) is 10.6. The van der Waals surface area contributed by atoms with Crippen molar-refractivity contribution in [2.24, 2.45) is 5.92 Å². The van der Waals surface area contributed by atoms with Crippen molar-refractivity contribution >= 4 is 17.6 Å². The maximum Gasteiger partial charge on any atom is 0.337 e. The zero-order chi connectivity index (χ0) is 14.7. The van der Waals surface area contributed by atoms with Gasteiger partial charge in [0, 0.05) is 23.7 Å². The number of carbonyl (C=O) groups excluding carboxylic acids is 2. The summed E-state index contributed by atoms with van der Waals surface area (Å²) in [5.74, 6) is -2.76. The molecule has 3 amide bonds. The number of halogens is 2. The zero-order valence-electron chi connectivity index (χ0n) is 10.6. The van der Waals surface area contributed by atoms with Crippen LogP contribution in [0.2, 0.25) is 0 Å². The third-order valence-electron chi connectivity index (χ3n) is 2.71. The van der Waals surface area contributed by atoms with Crippen LogP contribution in [0.1, 0.15) is 12.8 Å². The molecule has 0 aliphatic heterocycles. The van der Waals surface area contributed by atoms with Gasteiger partial charge in [-0.15, -0.1) is 0 Å². The number of rotatable bonds is 3. The van der Waals surface area contributed by atoms with E-state index in [2.05, 4.69) is 20.9 Å². The molecule has 1 aromatic rings. The van der Waals surface area contributed by atoms with E-state index in [0.717, 1.165) is 32.1 Å². The van der Waals surface area contributed by atoms with Gasteiger partial charge in [-0.3, -0.25) is 10.2 Å². The molecule has 1 saturated carbocycles. The molecule has 20 heavy (non-hydrogen) atoms. The molecule has 0 bridgehead atoms. The Kier molecular flexibility index (Phi) is 4.02. The average molecular weight is 285 g/mol. The monoisotopic (exact) mass is 285 g/mol. The number of ether oxygens (including phenoxy) is 1. The fourth-order valence-corrected chi connectivity index (χ4v) is 1.56. The predicted molar refractivity (Wildman–Crippen MR) is 65.9 cm³/mol. The molecule has 0 aromatic heterocycles. The number of hydrazine groups is 1. The molecule has 6 nitrogen and oxygen atoms in total. The Hall–Kier alpha value is -2.38. The highest BCUT2D eigenvalue weighted by Gasteiger charge is 2.29. The molecule has 3 N–H and O–H groups in total. The van der Waals surface area contributed by atoms with Crippen molar-refractivity contribution in [2.75, 3.05) is 12.4 Å². The number of hydrogen-bond donors (Lipinski definition) is 3. The van der Waals surface area contributed by atoms with Crippen LogP contribution in [0.3, 0.4) is 0 Å². The third-order valence-corrected chi connectivity index (χ3v) is 2.71. The van der Waals surface area contributed by atoms with Gasteiger partial charge in [0.15, 0.2) is 17.4 Å². The van der Waals surface area contributed by atoms with Gasteiger partial charge in [-0.1, -0.05) is 0 Å². The van der Waals surface area contributed by atoms with Gasteiger partial charge in [0.05, 0.1) is 7.11 Å².